The third-order valence-corrected chi connectivity index (χ3v) is 2.57. The maximum atomic E-state index is 5.91. The molecule has 0 saturated carbocycles. The lowest BCUT2D eigenvalue weighted by Crippen LogP contribution is -2.21. The van der Waals surface area contributed by atoms with Crippen molar-refractivity contribution in [3.8, 4) is 0 Å². The summed E-state index contributed by atoms with van der Waals surface area (Å²) in [7, 11) is 0. The molecule has 0 fully saturated rings. The van der Waals surface area contributed by atoms with Crippen molar-refractivity contribution >= 4 is 11.0 Å². The molecule has 2 heteroatoms. The Morgan fingerprint density at radius 2 is 2.14 bits per heavy atom. The van der Waals surface area contributed by atoms with E-state index in [0.29, 0.717) is 0 Å². The van der Waals surface area contributed by atoms with E-state index in [2.05, 4.69) is 13.0 Å². The molecule has 0 bridgehead atoms. The lowest BCUT2D eigenvalue weighted by atomic mass is 10.0. The monoisotopic (exact) mass is 189 g/mol. The molecule has 1 aromatic heterocycles. The number of furan rings is 1. The Kier molecular flexibility index (Phi) is 2.55. The summed E-state index contributed by atoms with van der Waals surface area (Å²) in [4.78, 5) is 0. The van der Waals surface area contributed by atoms with Gasteiger partial charge in [-0.15, -0.1) is 0 Å². The highest BCUT2D eigenvalue weighted by Crippen LogP contribution is 2.21. The van der Waals surface area contributed by atoms with Crippen molar-refractivity contribution in [1.82, 2.24) is 0 Å². The second kappa shape index (κ2) is 3.84. The minimum atomic E-state index is 0.232. The van der Waals surface area contributed by atoms with Crippen molar-refractivity contribution < 1.29 is 4.42 Å². The smallest absolute Gasteiger partial charge is 0.134 e. The molecule has 0 aliphatic rings. The molecule has 0 amide bonds. The molecule has 14 heavy (non-hydrogen) atoms. The first-order chi connectivity index (χ1) is 6.81. The summed E-state index contributed by atoms with van der Waals surface area (Å²) in [5, 5.41) is 1.19. The number of benzene rings is 1. The lowest BCUT2D eigenvalue weighted by Gasteiger charge is -2.05. The van der Waals surface area contributed by atoms with E-state index in [0.717, 1.165) is 18.4 Å². The number of fused-ring (bicyclic) bond motifs is 1. The number of hydrogen-bond acceptors (Lipinski definition) is 2. The Hall–Kier alpha value is -1.28. The van der Waals surface area contributed by atoms with Crippen molar-refractivity contribution in [3.05, 3.63) is 36.1 Å². The summed E-state index contributed by atoms with van der Waals surface area (Å²) in [6.45, 7) is 2.10. The Morgan fingerprint density at radius 1 is 1.36 bits per heavy atom. The van der Waals surface area contributed by atoms with E-state index in [1.165, 1.54) is 10.9 Å². The van der Waals surface area contributed by atoms with Gasteiger partial charge in [0.05, 0.1) is 6.26 Å². The quantitative estimate of drug-likeness (QED) is 0.806. The summed E-state index contributed by atoms with van der Waals surface area (Å²) in [6, 6.07) is 8.30. The zero-order valence-electron chi connectivity index (χ0n) is 8.36. The highest BCUT2D eigenvalue weighted by molar-refractivity contribution is 5.80. The Morgan fingerprint density at radius 3 is 2.93 bits per heavy atom. The van der Waals surface area contributed by atoms with E-state index in [1.807, 2.05) is 24.5 Å². The second-order valence-electron chi connectivity index (χ2n) is 3.63. The second-order valence-corrected chi connectivity index (χ2v) is 3.63. The van der Waals surface area contributed by atoms with Gasteiger partial charge in [0.25, 0.3) is 0 Å². The van der Waals surface area contributed by atoms with Crippen molar-refractivity contribution in [2.24, 2.45) is 5.73 Å². The molecule has 2 nitrogen and oxygen atoms in total. The van der Waals surface area contributed by atoms with Crippen molar-refractivity contribution in [2.45, 2.75) is 25.8 Å². The van der Waals surface area contributed by atoms with E-state index in [4.69, 9.17) is 10.2 Å². The van der Waals surface area contributed by atoms with Crippen molar-refractivity contribution in [3.63, 3.8) is 0 Å². The van der Waals surface area contributed by atoms with Gasteiger partial charge in [0.15, 0.2) is 0 Å². The third kappa shape index (κ3) is 1.66. The zero-order valence-corrected chi connectivity index (χ0v) is 8.36. The molecule has 2 rings (SSSR count). The predicted molar refractivity (Wildman–Crippen MR) is 58.2 cm³/mol. The minimum Gasteiger partial charge on any atom is -0.464 e. The van der Waals surface area contributed by atoms with Crippen LogP contribution in [0.5, 0.6) is 0 Å². The van der Waals surface area contributed by atoms with Gasteiger partial charge in [-0.2, -0.15) is 0 Å². The van der Waals surface area contributed by atoms with E-state index < -0.39 is 0 Å². The predicted octanol–water partition coefficient (Wildman–Crippen LogP) is 2.71. The van der Waals surface area contributed by atoms with Crippen LogP contribution in [0.1, 0.15) is 18.9 Å². The van der Waals surface area contributed by atoms with Crippen LogP contribution in [0.3, 0.4) is 0 Å². The van der Waals surface area contributed by atoms with Crippen LogP contribution in [-0.4, -0.2) is 6.04 Å². The first-order valence-corrected chi connectivity index (χ1v) is 5.02. The molecule has 1 aromatic carbocycles. The highest BCUT2D eigenvalue weighted by Gasteiger charge is 2.07. The minimum absolute atomic E-state index is 0.232. The fourth-order valence-corrected chi connectivity index (χ4v) is 1.62. The molecule has 1 atom stereocenters. The van der Waals surface area contributed by atoms with E-state index in [9.17, 15) is 0 Å². The standard InChI is InChI=1S/C12H15NO/c1-2-10(13)7-9-8-14-12-6-4-3-5-11(9)12/h3-6,8,10H,2,7,13H2,1H3. The maximum absolute atomic E-state index is 5.91. The van der Waals surface area contributed by atoms with E-state index in [1.54, 1.807) is 0 Å². The van der Waals surface area contributed by atoms with Crippen LogP contribution < -0.4 is 5.73 Å². The molecule has 0 aliphatic heterocycles. The maximum Gasteiger partial charge on any atom is 0.134 e. The average molecular weight is 189 g/mol. The zero-order chi connectivity index (χ0) is 9.97. The van der Waals surface area contributed by atoms with Crippen LogP contribution in [0.15, 0.2) is 34.9 Å². The van der Waals surface area contributed by atoms with Crippen LogP contribution in [0.2, 0.25) is 0 Å². The molecule has 0 aliphatic carbocycles. The van der Waals surface area contributed by atoms with Crippen LogP contribution in [-0.2, 0) is 6.42 Å². The van der Waals surface area contributed by atoms with Crippen LogP contribution >= 0.6 is 0 Å². The van der Waals surface area contributed by atoms with Crippen LogP contribution in [0, 0.1) is 0 Å². The fourth-order valence-electron chi connectivity index (χ4n) is 1.62. The van der Waals surface area contributed by atoms with Gasteiger partial charge in [-0.25, -0.2) is 0 Å². The molecule has 1 heterocycles. The molecule has 0 saturated heterocycles. The Labute approximate surface area is 83.7 Å². The van der Waals surface area contributed by atoms with E-state index >= 15 is 0 Å². The first kappa shape index (κ1) is 9.28. The SMILES string of the molecule is CCC(N)Cc1coc2ccccc12. The molecule has 0 spiro atoms. The summed E-state index contributed by atoms with van der Waals surface area (Å²) in [5.41, 5.74) is 8.08. The number of nitrogens with two attached hydrogens (primary N) is 1. The first-order valence-electron chi connectivity index (χ1n) is 5.02. The normalized spacial score (nSPS) is 13.3. The number of hydrogen-bond donors (Lipinski definition) is 1. The molecular weight excluding hydrogens is 174 g/mol. The molecule has 74 valence electrons. The average Bonchev–Trinajstić information content (AvgIpc) is 2.62. The molecular formula is C12H15NO. The van der Waals surface area contributed by atoms with Crippen molar-refractivity contribution in [2.75, 3.05) is 0 Å². The number of para-hydroxylation sites is 1. The van der Waals surface area contributed by atoms with Gasteiger partial charge in [0.1, 0.15) is 5.58 Å². The molecule has 2 aromatic rings. The number of rotatable bonds is 3. The van der Waals surface area contributed by atoms with Gasteiger partial charge in [0.2, 0.25) is 0 Å². The van der Waals surface area contributed by atoms with Crippen LogP contribution in [0.25, 0.3) is 11.0 Å². The lowest BCUT2D eigenvalue weighted by molar-refractivity contribution is 0.596. The van der Waals surface area contributed by atoms with Gasteiger partial charge in [-0.05, 0) is 24.5 Å². The van der Waals surface area contributed by atoms with Gasteiger partial charge in [-0.1, -0.05) is 25.1 Å². The van der Waals surface area contributed by atoms with Crippen LogP contribution in [0.4, 0.5) is 0 Å². The molecule has 0 radical (unpaired) electrons. The van der Waals surface area contributed by atoms with Gasteiger partial charge in [-0.3, -0.25) is 0 Å². The van der Waals surface area contributed by atoms with Crippen molar-refractivity contribution in [1.29, 1.82) is 0 Å². The highest BCUT2D eigenvalue weighted by atomic mass is 16.3. The summed E-state index contributed by atoms with van der Waals surface area (Å²) < 4.78 is 5.44. The Balaban J connectivity index is 2.33. The van der Waals surface area contributed by atoms with Gasteiger partial charge < -0.3 is 10.2 Å². The topological polar surface area (TPSA) is 39.2 Å². The summed E-state index contributed by atoms with van der Waals surface area (Å²) >= 11 is 0. The third-order valence-electron chi connectivity index (χ3n) is 2.57. The largest absolute Gasteiger partial charge is 0.464 e. The van der Waals surface area contributed by atoms with Gasteiger partial charge >= 0.3 is 0 Å². The Bertz CT molecular complexity index is 419. The summed E-state index contributed by atoms with van der Waals surface area (Å²) in [5.74, 6) is 0. The van der Waals surface area contributed by atoms with Gasteiger partial charge in [0, 0.05) is 11.4 Å². The molecule has 1 unspecified atom stereocenters. The molecule has 2 N–H and O–H groups in total. The summed E-state index contributed by atoms with van der Waals surface area (Å²) in [6.07, 6.45) is 3.72. The fraction of sp³-hybridized carbons (Fsp3) is 0.333. The van der Waals surface area contributed by atoms with E-state index in [-0.39, 0.29) is 6.04 Å².